The Morgan fingerprint density at radius 2 is 1.28 bits per heavy atom. The summed E-state index contributed by atoms with van der Waals surface area (Å²) < 4.78 is 3.57. The van der Waals surface area contributed by atoms with Crippen molar-refractivity contribution in [2.75, 3.05) is 0 Å². The van der Waals surface area contributed by atoms with Crippen LogP contribution in [0.25, 0.3) is 47.4 Å². The summed E-state index contributed by atoms with van der Waals surface area (Å²) in [6.07, 6.45) is 0. The highest BCUT2D eigenvalue weighted by Gasteiger charge is 2.18. The van der Waals surface area contributed by atoms with E-state index in [-0.39, 0.29) is 11.1 Å². The van der Waals surface area contributed by atoms with Gasteiger partial charge in [0, 0.05) is 30.9 Å². The van der Waals surface area contributed by atoms with Gasteiger partial charge in [-0.15, -0.1) is 11.3 Å². The van der Waals surface area contributed by atoms with Crippen LogP contribution in [0.2, 0.25) is 0 Å². The van der Waals surface area contributed by atoms with Crippen LogP contribution in [0.3, 0.4) is 0 Å². The third kappa shape index (κ3) is 2.18. The highest BCUT2D eigenvalue weighted by molar-refractivity contribution is 7.25. The average molecular weight is 393 g/mol. The van der Waals surface area contributed by atoms with Crippen molar-refractivity contribution in [2.24, 2.45) is 0 Å². The van der Waals surface area contributed by atoms with E-state index in [1.165, 1.54) is 9.27 Å². The molecule has 0 radical (unpaired) electrons. The topological polar surface area (TPSA) is 39.1 Å². The minimum atomic E-state index is -0.265. The Balaban J connectivity index is 1.86. The predicted molar refractivity (Wildman–Crippen MR) is 122 cm³/mol. The Bertz CT molecular complexity index is 1660. The molecule has 0 aliphatic rings. The second-order valence-electron chi connectivity index (χ2n) is 7.40. The van der Waals surface area contributed by atoms with Gasteiger partial charge >= 0.3 is 0 Å². The number of pyridine rings is 1. The molecule has 0 N–H and O–H groups in total. The maximum absolute atomic E-state index is 13.4. The number of hydrogen-bond donors (Lipinski definition) is 0. The van der Waals surface area contributed by atoms with Gasteiger partial charge in [0.1, 0.15) is 0 Å². The lowest BCUT2D eigenvalue weighted by molar-refractivity contribution is 0.969. The highest BCUT2D eigenvalue weighted by atomic mass is 32.1. The predicted octanol–water partition coefficient (Wildman–Crippen LogP) is 5.62. The molecule has 4 heteroatoms. The quantitative estimate of drug-likeness (QED) is 0.269. The summed E-state index contributed by atoms with van der Waals surface area (Å²) in [5, 5.41) is 5.18. The monoisotopic (exact) mass is 393 g/mol. The number of aryl methyl sites for hydroxylation is 1. The molecule has 3 nitrogen and oxygen atoms in total. The Kier molecular flexibility index (Phi) is 3.26. The molecule has 0 aliphatic carbocycles. The maximum Gasteiger partial charge on any atom is 0.265 e. The second-order valence-corrected chi connectivity index (χ2v) is 8.49. The normalized spacial score (nSPS) is 11.9. The molecular formula is C25H15NO2S. The van der Waals surface area contributed by atoms with Crippen LogP contribution in [0.1, 0.15) is 5.56 Å². The molecule has 138 valence electrons. The van der Waals surface area contributed by atoms with Gasteiger partial charge in [-0.1, -0.05) is 42.0 Å². The minimum absolute atomic E-state index is 0.265. The fraction of sp³-hybridized carbons (Fsp3) is 0.0400. The van der Waals surface area contributed by atoms with E-state index in [1.807, 2.05) is 67.6 Å². The molecule has 0 fully saturated rings. The first-order valence-electron chi connectivity index (χ1n) is 9.46. The zero-order valence-corrected chi connectivity index (χ0v) is 16.4. The molecule has 0 saturated heterocycles. The van der Waals surface area contributed by atoms with Crippen molar-refractivity contribution in [3.05, 3.63) is 99.1 Å². The van der Waals surface area contributed by atoms with Crippen molar-refractivity contribution < 1.29 is 0 Å². The maximum atomic E-state index is 13.4. The molecule has 2 heterocycles. The van der Waals surface area contributed by atoms with Gasteiger partial charge in [-0.05, 0) is 54.1 Å². The van der Waals surface area contributed by atoms with E-state index in [4.69, 9.17) is 0 Å². The molecule has 2 aromatic heterocycles. The van der Waals surface area contributed by atoms with Gasteiger partial charge in [-0.25, -0.2) is 4.57 Å². The lowest BCUT2D eigenvalue weighted by atomic mass is 9.97. The number of aromatic nitrogens is 1. The molecule has 29 heavy (non-hydrogen) atoms. The molecule has 6 aromatic rings. The first-order valence-corrected chi connectivity index (χ1v) is 10.3. The smallest absolute Gasteiger partial charge is 0.265 e. The lowest BCUT2D eigenvalue weighted by Gasteiger charge is -2.14. The van der Waals surface area contributed by atoms with Crippen LogP contribution >= 0.6 is 11.3 Å². The van der Waals surface area contributed by atoms with Crippen LogP contribution < -0.4 is 11.1 Å². The van der Waals surface area contributed by atoms with Gasteiger partial charge in [-0.3, -0.25) is 9.59 Å². The van der Waals surface area contributed by atoms with E-state index in [1.54, 1.807) is 11.3 Å². The average Bonchev–Trinajstić information content (AvgIpc) is 2.74. The number of rotatable bonds is 1. The van der Waals surface area contributed by atoms with Crippen LogP contribution in [0.15, 0.2) is 82.4 Å². The first kappa shape index (κ1) is 16.5. The molecular weight excluding hydrogens is 378 g/mol. The van der Waals surface area contributed by atoms with Crippen LogP contribution in [-0.4, -0.2) is 4.57 Å². The number of nitrogens with zero attached hydrogens (tertiary/aromatic N) is 1. The first-order chi connectivity index (χ1) is 14.1. The molecule has 6 rings (SSSR count). The molecule has 0 spiro atoms. The van der Waals surface area contributed by atoms with Gasteiger partial charge in [0.05, 0.1) is 5.69 Å². The van der Waals surface area contributed by atoms with Gasteiger partial charge in [0.15, 0.2) is 0 Å². The summed E-state index contributed by atoms with van der Waals surface area (Å²) in [6, 6.07) is 23.5. The summed E-state index contributed by atoms with van der Waals surface area (Å²) in [6.45, 7) is 1.98. The number of hydrogen-bond acceptors (Lipinski definition) is 3. The second kappa shape index (κ2) is 5.75. The SMILES string of the molecule is Cc1ccc(-n2c(=O)c3ccc4sc5ccccc5c5ccc(c2=O)c3c45)cc1. The van der Waals surface area contributed by atoms with E-state index in [9.17, 15) is 9.59 Å². The summed E-state index contributed by atoms with van der Waals surface area (Å²) >= 11 is 1.69. The molecule has 4 aromatic carbocycles. The number of benzene rings is 4. The van der Waals surface area contributed by atoms with E-state index >= 15 is 0 Å². The molecule has 0 unspecified atom stereocenters. The summed E-state index contributed by atoms with van der Waals surface area (Å²) in [5.74, 6) is 0. The zero-order valence-electron chi connectivity index (χ0n) is 15.6. The Morgan fingerprint density at radius 3 is 2.03 bits per heavy atom. The Labute approximate surface area is 169 Å². The van der Waals surface area contributed by atoms with Crippen LogP contribution in [0.5, 0.6) is 0 Å². The van der Waals surface area contributed by atoms with E-state index < -0.39 is 0 Å². The van der Waals surface area contributed by atoms with E-state index in [0.717, 1.165) is 31.8 Å². The van der Waals surface area contributed by atoms with Gasteiger partial charge < -0.3 is 0 Å². The van der Waals surface area contributed by atoms with Crippen molar-refractivity contribution >= 4 is 53.1 Å². The standard InChI is InChI=1S/C25H15NO2S/c1-14-6-8-15(9-7-14)26-24(27)18-11-10-17-16-4-2-3-5-20(16)29-21-13-12-19(25(26)28)22(18)23(17)21/h2-13H,1H3. The van der Waals surface area contributed by atoms with Gasteiger partial charge in [0.2, 0.25) is 0 Å². The van der Waals surface area contributed by atoms with Crippen molar-refractivity contribution in [3.8, 4) is 5.69 Å². The molecule has 0 bridgehead atoms. The summed E-state index contributed by atoms with van der Waals surface area (Å²) in [5.41, 5.74) is 1.16. The Morgan fingerprint density at radius 1 is 0.621 bits per heavy atom. The van der Waals surface area contributed by atoms with Gasteiger partial charge in [0.25, 0.3) is 11.1 Å². The zero-order chi connectivity index (χ0) is 19.7. The van der Waals surface area contributed by atoms with E-state index in [0.29, 0.717) is 16.5 Å². The van der Waals surface area contributed by atoms with Crippen molar-refractivity contribution in [1.82, 2.24) is 4.57 Å². The van der Waals surface area contributed by atoms with Crippen molar-refractivity contribution in [3.63, 3.8) is 0 Å². The fourth-order valence-electron chi connectivity index (χ4n) is 4.29. The molecule has 0 amide bonds. The fourth-order valence-corrected chi connectivity index (χ4v) is 5.41. The highest BCUT2D eigenvalue weighted by Crippen LogP contribution is 2.39. The molecule has 0 aliphatic heterocycles. The van der Waals surface area contributed by atoms with E-state index in [2.05, 4.69) is 12.1 Å². The van der Waals surface area contributed by atoms with Crippen LogP contribution in [-0.2, 0) is 0 Å². The van der Waals surface area contributed by atoms with Crippen molar-refractivity contribution in [2.45, 2.75) is 6.92 Å². The Hall–Kier alpha value is -3.50. The molecule has 0 atom stereocenters. The van der Waals surface area contributed by atoms with Crippen molar-refractivity contribution in [1.29, 1.82) is 0 Å². The van der Waals surface area contributed by atoms with Crippen LogP contribution in [0.4, 0.5) is 0 Å². The number of fused-ring (bicyclic) bond motifs is 2. The third-order valence-electron chi connectivity index (χ3n) is 5.68. The third-order valence-corrected chi connectivity index (χ3v) is 6.81. The van der Waals surface area contributed by atoms with Gasteiger partial charge in [-0.2, -0.15) is 0 Å². The molecule has 0 saturated carbocycles. The minimum Gasteiger partial charge on any atom is -0.268 e. The summed E-state index contributed by atoms with van der Waals surface area (Å²) in [4.78, 5) is 26.7. The largest absolute Gasteiger partial charge is 0.268 e. The van der Waals surface area contributed by atoms with Crippen LogP contribution in [0, 0.1) is 6.92 Å². The lowest BCUT2D eigenvalue weighted by Crippen LogP contribution is -2.31. The summed E-state index contributed by atoms with van der Waals surface area (Å²) in [7, 11) is 0.